The number of benzene rings is 1. The summed E-state index contributed by atoms with van der Waals surface area (Å²) in [5, 5.41) is 11.7. The molecule has 1 amide bonds. The molecule has 8 heteroatoms. The van der Waals surface area contributed by atoms with E-state index in [1.165, 1.54) is 16.3 Å². The van der Waals surface area contributed by atoms with E-state index in [1.807, 2.05) is 32.0 Å². The maximum atomic E-state index is 12.3. The van der Waals surface area contributed by atoms with E-state index in [1.54, 1.807) is 37.0 Å². The van der Waals surface area contributed by atoms with Gasteiger partial charge in [0, 0.05) is 26.0 Å². The van der Waals surface area contributed by atoms with Crippen LogP contribution in [-0.2, 0) is 18.9 Å². The topological polar surface area (TPSA) is 81.8 Å². The third-order valence-corrected chi connectivity index (χ3v) is 5.22. The second-order valence-electron chi connectivity index (χ2n) is 6.36. The molecule has 0 bridgehead atoms. The number of aryl methyl sites for hydroxylation is 3. The Hall–Kier alpha value is -2.87. The first-order valence-electron chi connectivity index (χ1n) is 8.42. The number of anilines is 1. The first-order chi connectivity index (χ1) is 12.9. The van der Waals surface area contributed by atoms with E-state index < -0.39 is 0 Å². The maximum absolute atomic E-state index is 12.3. The van der Waals surface area contributed by atoms with Gasteiger partial charge >= 0.3 is 0 Å². The van der Waals surface area contributed by atoms with Crippen LogP contribution in [0.5, 0.6) is 0 Å². The molecule has 27 heavy (non-hydrogen) atoms. The molecular weight excluding hydrogens is 362 g/mol. The van der Waals surface area contributed by atoms with Crippen LogP contribution in [0.4, 0.5) is 5.69 Å². The second-order valence-corrected chi connectivity index (χ2v) is 7.30. The van der Waals surface area contributed by atoms with Crippen LogP contribution in [0.2, 0.25) is 0 Å². The van der Waals surface area contributed by atoms with E-state index in [2.05, 4.69) is 15.5 Å². The van der Waals surface area contributed by atoms with E-state index in [4.69, 9.17) is 0 Å². The summed E-state index contributed by atoms with van der Waals surface area (Å²) in [6.07, 6.45) is 1.69. The molecule has 0 radical (unpaired) electrons. The third-order valence-electron chi connectivity index (χ3n) is 4.20. The highest BCUT2D eigenvalue weighted by Gasteiger charge is 2.16. The molecule has 0 atom stereocenters. The van der Waals surface area contributed by atoms with Crippen LogP contribution in [0, 0.1) is 13.8 Å². The molecule has 1 N–H and O–H groups in total. The van der Waals surface area contributed by atoms with Gasteiger partial charge in [0.15, 0.2) is 11.0 Å². The lowest BCUT2D eigenvalue weighted by molar-refractivity contribution is -0.113. The van der Waals surface area contributed by atoms with Gasteiger partial charge in [0.2, 0.25) is 5.91 Å². The lowest BCUT2D eigenvalue weighted by Crippen LogP contribution is -2.18. The van der Waals surface area contributed by atoms with E-state index in [0.717, 1.165) is 16.8 Å². The Morgan fingerprint density at radius 2 is 1.96 bits per heavy atom. The summed E-state index contributed by atoms with van der Waals surface area (Å²) < 4.78 is 3.22. The van der Waals surface area contributed by atoms with Gasteiger partial charge in [0.05, 0.1) is 11.3 Å². The van der Waals surface area contributed by atoms with E-state index in [9.17, 15) is 9.59 Å². The number of hydrogen-bond donors (Lipinski definition) is 1. The number of carbonyl (C=O) groups excluding carboxylic acids is 1. The van der Waals surface area contributed by atoms with E-state index in [-0.39, 0.29) is 17.2 Å². The Morgan fingerprint density at radius 1 is 1.19 bits per heavy atom. The highest BCUT2D eigenvalue weighted by molar-refractivity contribution is 7.99. The largest absolute Gasteiger partial charge is 0.325 e. The van der Waals surface area contributed by atoms with Crippen molar-refractivity contribution in [2.75, 3.05) is 11.1 Å². The average Bonchev–Trinajstić information content (AvgIpc) is 2.99. The smallest absolute Gasteiger partial charge is 0.261 e. The van der Waals surface area contributed by atoms with Gasteiger partial charge in [0.25, 0.3) is 5.56 Å². The van der Waals surface area contributed by atoms with Crippen molar-refractivity contribution in [1.29, 1.82) is 0 Å². The van der Waals surface area contributed by atoms with Gasteiger partial charge < -0.3 is 14.5 Å². The number of carbonyl (C=O) groups is 1. The highest BCUT2D eigenvalue weighted by atomic mass is 32.2. The summed E-state index contributed by atoms with van der Waals surface area (Å²) in [7, 11) is 3.47. The normalized spacial score (nSPS) is 10.8. The quantitative estimate of drug-likeness (QED) is 0.685. The first-order valence-corrected chi connectivity index (χ1v) is 9.40. The van der Waals surface area contributed by atoms with Crippen LogP contribution < -0.4 is 10.9 Å². The molecule has 2 aromatic heterocycles. The number of amides is 1. The van der Waals surface area contributed by atoms with E-state index in [0.29, 0.717) is 16.5 Å². The molecule has 1 aromatic carbocycles. The predicted molar refractivity (Wildman–Crippen MR) is 107 cm³/mol. The monoisotopic (exact) mass is 383 g/mol. The number of nitrogens with one attached hydrogen (secondary N) is 1. The lowest BCUT2D eigenvalue weighted by atomic mass is 10.1. The number of pyridine rings is 1. The van der Waals surface area contributed by atoms with Crippen LogP contribution in [0.15, 0.2) is 46.5 Å². The van der Waals surface area contributed by atoms with Gasteiger partial charge in [-0.15, -0.1) is 10.2 Å². The van der Waals surface area contributed by atoms with Crippen LogP contribution in [0.1, 0.15) is 11.1 Å². The summed E-state index contributed by atoms with van der Waals surface area (Å²) >= 11 is 1.28. The molecule has 0 spiro atoms. The van der Waals surface area contributed by atoms with Gasteiger partial charge in [-0.25, -0.2) is 0 Å². The van der Waals surface area contributed by atoms with E-state index >= 15 is 0 Å². The highest BCUT2D eigenvalue weighted by Crippen LogP contribution is 2.21. The molecule has 0 saturated carbocycles. The second kappa shape index (κ2) is 7.79. The molecule has 3 aromatic rings. The van der Waals surface area contributed by atoms with Crippen molar-refractivity contribution < 1.29 is 4.79 Å². The number of rotatable bonds is 5. The summed E-state index contributed by atoms with van der Waals surface area (Å²) in [6, 6.07) is 9.44. The number of aromatic nitrogens is 4. The van der Waals surface area contributed by atoms with Crippen molar-refractivity contribution >= 4 is 23.4 Å². The van der Waals surface area contributed by atoms with Crippen LogP contribution >= 0.6 is 11.8 Å². The van der Waals surface area contributed by atoms with Crippen molar-refractivity contribution in [3.63, 3.8) is 0 Å². The molecule has 0 aliphatic rings. The van der Waals surface area contributed by atoms with Crippen molar-refractivity contribution in [3.05, 3.63) is 58.0 Å². The minimum Gasteiger partial charge on any atom is -0.325 e. The van der Waals surface area contributed by atoms with Gasteiger partial charge in [-0.05, 0) is 43.2 Å². The molecule has 0 unspecified atom stereocenters. The minimum absolute atomic E-state index is 0.117. The van der Waals surface area contributed by atoms with Gasteiger partial charge in [-0.2, -0.15) is 0 Å². The average molecular weight is 383 g/mol. The Balaban J connectivity index is 1.71. The van der Waals surface area contributed by atoms with Crippen LogP contribution in [-0.4, -0.2) is 31.0 Å². The Kier molecular flexibility index (Phi) is 5.46. The zero-order valence-corrected chi connectivity index (χ0v) is 16.5. The molecule has 3 rings (SSSR count). The molecule has 0 saturated heterocycles. The van der Waals surface area contributed by atoms with Gasteiger partial charge in [-0.3, -0.25) is 9.59 Å². The van der Waals surface area contributed by atoms with Crippen LogP contribution in [0.3, 0.4) is 0 Å². The SMILES string of the molecule is Cc1ccc(C)c(NC(=O)CSc2nnc(-c3cccn(C)c3=O)n2C)c1. The van der Waals surface area contributed by atoms with Crippen LogP contribution in [0.25, 0.3) is 11.4 Å². The van der Waals surface area contributed by atoms with Crippen molar-refractivity contribution in [1.82, 2.24) is 19.3 Å². The summed E-state index contributed by atoms with van der Waals surface area (Å²) in [5.74, 6) is 0.564. The Bertz CT molecular complexity index is 1050. The third kappa shape index (κ3) is 4.11. The van der Waals surface area contributed by atoms with Crippen molar-refractivity contribution in [2.45, 2.75) is 19.0 Å². The summed E-state index contributed by atoms with van der Waals surface area (Å²) in [5.41, 5.74) is 3.25. The van der Waals surface area contributed by atoms with Crippen molar-refractivity contribution in [3.8, 4) is 11.4 Å². The summed E-state index contributed by atoms with van der Waals surface area (Å²) in [4.78, 5) is 24.6. The lowest BCUT2D eigenvalue weighted by Gasteiger charge is -2.09. The fraction of sp³-hybridized carbons (Fsp3) is 0.263. The molecule has 0 aliphatic heterocycles. The Labute approximate surface area is 161 Å². The Morgan fingerprint density at radius 3 is 2.74 bits per heavy atom. The molecule has 0 fully saturated rings. The molecule has 7 nitrogen and oxygen atoms in total. The van der Waals surface area contributed by atoms with Gasteiger partial charge in [-0.1, -0.05) is 23.9 Å². The number of nitrogens with zero attached hydrogens (tertiary/aromatic N) is 4. The fourth-order valence-corrected chi connectivity index (χ4v) is 3.34. The minimum atomic E-state index is -0.141. The number of hydrogen-bond acceptors (Lipinski definition) is 5. The molecular formula is C19H21N5O2S. The maximum Gasteiger partial charge on any atom is 0.261 e. The molecule has 0 aliphatic carbocycles. The van der Waals surface area contributed by atoms with Crippen molar-refractivity contribution in [2.24, 2.45) is 14.1 Å². The fourth-order valence-electron chi connectivity index (χ4n) is 2.63. The zero-order chi connectivity index (χ0) is 19.6. The standard InChI is InChI=1S/C19H21N5O2S/c1-12-7-8-13(2)15(10-12)20-16(25)11-27-19-22-21-17(24(19)4)14-6-5-9-23(3)18(14)26/h5-10H,11H2,1-4H3,(H,20,25). The first kappa shape index (κ1) is 18.9. The predicted octanol–water partition coefficient (Wildman–Crippen LogP) is 2.53. The molecule has 2 heterocycles. The zero-order valence-electron chi connectivity index (χ0n) is 15.7. The van der Waals surface area contributed by atoms with Gasteiger partial charge in [0.1, 0.15) is 0 Å². The summed E-state index contributed by atoms with van der Waals surface area (Å²) in [6.45, 7) is 3.94. The molecule has 140 valence electrons. The number of thioether (sulfide) groups is 1.